The van der Waals surface area contributed by atoms with Crippen LogP contribution >= 0.6 is 0 Å². The Kier molecular flexibility index (Phi) is 7.10. The molecule has 0 fully saturated rings. The largest absolute Gasteiger partial charge is 0.382 e. The van der Waals surface area contributed by atoms with Gasteiger partial charge in [-0.15, -0.1) is 0 Å². The van der Waals surface area contributed by atoms with Gasteiger partial charge < -0.3 is 20.1 Å². The first-order valence-corrected chi connectivity index (χ1v) is 6.26. The second-order valence-corrected chi connectivity index (χ2v) is 4.27. The maximum absolute atomic E-state index is 11.8. The van der Waals surface area contributed by atoms with Gasteiger partial charge in [-0.25, -0.2) is 0 Å². The maximum atomic E-state index is 11.8. The van der Waals surface area contributed by atoms with Gasteiger partial charge in [-0.05, 0) is 11.1 Å². The number of amides is 1. The average Bonchev–Trinajstić information content (AvgIpc) is 2.44. The third-order valence-electron chi connectivity index (χ3n) is 2.83. The van der Waals surface area contributed by atoms with Crippen molar-refractivity contribution in [2.24, 2.45) is 5.73 Å². The molecule has 0 aliphatic carbocycles. The molecule has 0 aromatic heterocycles. The fraction of sp³-hybridized carbons (Fsp3) is 0.500. The van der Waals surface area contributed by atoms with Crippen molar-refractivity contribution in [2.75, 3.05) is 34.0 Å². The lowest BCUT2D eigenvalue weighted by Crippen LogP contribution is -2.30. The molecule has 1 aromatic carbocycles. The molecule has 5 heteroatoms. The summed E-state index contributed by atoms with van der Waals surface area (Å²) in [4.78, 5) is 13.5. The van der Waals surface area contributed by atoms with Crippen molar-refractivity contribution in [3.8, 4) is 0 Å². The predicted molar refractivity (Wildman–Crippen MR) is 73.5 cm³/mol. The van der Waals surface area contributed by atoms with Crippen LogP contribution in [0, 0.1) is 0 Å². The molecule has 106 valence electrons. The fourth-order valence-electron chi connectivity index (χ4n) is 1.67. The zero-order valence-corrected chi connectivity index (χ0v) is 11.6. The molecule has 0 unspecified atom stereocenters. The van der Waals surface area contributed by atoms with E-state index in [1.54, 1.807) is 19.1 Å². The van der Waals surface area contributed by atoms with Gasteiger partial charge in [-0.2, -0.15) is 0 Å². The molecule has 0 heterocycles. The van der Waals surface area contributed by atoms with E-state index in [0.29, 0.717) is 26.3 Å². The van der Waals surface area contributed by atoms with E-state index >= 15 is 0 Å². The minimum absolute atomic E-state index is 0.0528. The van der Waals surface area contributed by atoms with E-state index in [4.69, 9.17) is 15.2 Å². The van der Waals surface area contributed by atoms with Crippen LogP contribution in [0.5, 0.6) is 0 Å². The van der Waals surface area contributed by atoms with Crippen molar-refractivity contribution < 1.29 is 14.3 Å². The molecule has 1 amide bonds. The van der Waals surface area contributed by atoms with Crippen LogP contribution in [0.1, 0.15) is 11.1 Å². The lowest BCUT2D eigenvalue weighted by atomic mass is 10.1. The molecule has 0 aliphatic rings. The molecule has 0 bridgehead atoms. The first kappa shape index (κ1) is 15.6. The highest BCUT2D eigenvalue weighted by Gasteiger charge is 2.10. The fourth-order valence-corrected chi connectivity index (χ4v) is 1.67. The van der Waals surface area contributed by atoms with E-state index in [0.717, 1.165) is 11.1 Å². The van der Waals surface area contributed by atoms with Crippen molar-refractivity contribution in [3.63, 3.8) is 0 Å². The highest BCUT2D eigenvalue weighted by atomic mass is 16.5. The Bertz CT molecular complexity index is 396. The third-order valence-corrected chi connectivity index (χ3v) is 2.83. The van der Waals surface area contributed by atoms with Crippen LogP contribution in [-0.2, 0) is 27.4 Å². The molecule has 2 N–H and O–H groups in total. The summed E-state index contributed by atoms with van der Waals surface area (Å²) < 4.78 is 10.1. The van der Waals surface area contributed by atoms with Crippen LogP contribution in [0.15, 0.2) is 24.3 Å². The molecule has 0 spiro atoms. The predicted octanol–water partition coefficient (Wildman–Crippen LogP) is 0.767. The molecule has 1 aromatic rings. The number of likely N-dealkylation sites (N-methyl/N-ethyl adjacent to an activating group) is 1. The van der Waals surface area contributed by atoms with Crippen molar-refractivity contribution >= 4 is 5.91 Å². The smallest absolute Gasteiger partial charge is 0.248 e. The van der Waals surface area contributed by atoms with Gasteiger partial charge in [-0.1, -0.05) is 24.3 Å². The summed E-state index contributed by atoms with van der Waals surface area (Å²) in [6.45, 7) is 2.01. The second-order valence-electron chi connectivity index (χ2n) is 4.27. The van der Waals surface area contributed by atoms with Gasteiger partial charge in [0.15, 0.2) is 0 Å². The summed E-state index contributed by atoms with van der Waals surface area (Å²) in [6, 6.07) is 7.85. The number of carbonyl (C=O) groups excluding carboxylic acids is 1. The molecule has 0 radical (unpaired) electrons. The number of rotatable bonds is 8. The SMILES string of the molecule is COCCOCC(=O)N(C)Cc1ccccc1CN. The van der Waals surface area contributed by atoms with Crippen LogP contribution in [-0.4, -0.2) is 44.8 Å². The summed E-state index contributed by atoms with van der Waals surface area (Å²) in [7, 11) is 3.36. The summed E-state index contributed by atoms with van der Waals surface area (Å²) in [5, 5.41) is 0. The minimum atomic E-state index is -0.0528. The summed E-state index contributed by atoms with van der Waals surface area (Å²) in [5.41, 5.74) is 7.80. The Labute approximate surface area is 114 Å². The number of benzene rings is 1. The molecule has 0 saturated carbocycles. The zero-order valence-electron chi connectivity index (χ0n) is 11.6. The van der Waals surface area contributed by atoms with E-state index in [1.165, 1.54) is 0 Å². The number of nitrogens with two attached hydrogens (primary N) is 1. The second kappa shape index (κ2) is 8.63. The van der Waals surface area contributed by atoms with Gasteiger partial charge >= 0.3 is 0 Å². The van der Waals surface area contributed by atoms with Gasteiger partial charge in [0.25, 0.3) is 0 Å². The first-order valence-electron chi connectivity index (χ1n) is 6.26. The maximum Gasteiger partial charge on any atom is 0.248 e. The number of ether oxygens (including phenoxy) is 2. The van der Waals surface area contributed by atoms with Crippen LogP contribution in [0.3, 0.4) is 0 Å². The van der Waals surface area contributed by atoms with Gasteiger partial charge in [0.05, 0.1) is 13.2 Å². The quantitative estimate of drug-likeness (QED) is 0.706. The summed E-state index contributed by atoms with van der Waals surface area (Å²) >= 11 is 0. The zero-order chi connectivity index (χ0) is 14.1. The Hall–Kier alpha value is -1.43. The van der Waals surface area contributed by atoms with Crippen LogP contribution in [0.4, 0.5) is 0 Å². The van der Waals surface area contributed by atoms with Gasteiger partial charge in [0.1, 0.15) is 6.61 Å². The van der Waals surface area contributed by atoms with E-state index in [-0.39, 0.29) is 12.5 Å². The highest BCUT2D eigenvalue weighted by Crippen LogP contribution is 2.10. The van der Waals surface area contributed by atoms with Crippen LogP contribution < -0.4 is 5.73 Å². The lowest BCUT2D eigenvalue weighted by molar-refractivity contribution is -0.135. The standard InChI is InChI=1S/C14H22N2O3/c1-16(14(17)11-19-8-7-18-2)10-13-6-4-3-5-12(13)9-15/h3-6H,7-11,15H2,1-2H3. The van der Waals surface area contributed by atoms with Crippen molar-refractivity contribution in [1.29, 1.82) is 0 Å². The molecule has 1 rings (SSSR count). The van der Waals surface area contributed by atoms with E-state index < -0.39 is 0 Å². The van der Waals surface area contributed by atoms with Crippen molar-refractivity contribution in [1.82, 2.24) is 4.90 Å². The summed E-state index contributed by atoms with van der Waals surface area (Å²) in [6.07, 6.45) is 0. The number of nitrogens with zero attached hydrogens (tertiary/aromatic N) is 1. The molecule has 5 nitrogen and oxygen atoms in total. The van der Waals surface area contributed by atoms with Gasteiger partial charge in [0.2, 0.25) is 5.91 Å². The Morgan fingerprint density at radius 1 is 1.26 bits per heavy atom. The van der Waals surface area contributed by atoms with Crippen LogP contribution in [0.2, 0.25) is 0 Å². The molecule has 19 heavy (non-hydrogen) atoms. The number of methoxy groups -OCH3 is 1. The minimum Gasteiger partial charge on any atom is -0.382 e. The number of carbonyl (C=O) groups is 1. The number of hydrogen-bond donors (Lipinski definition) is 1. The van der Waals surface area contributed by atoms with Gasteiger partial charge in [-0.3, -0.25) is 4.79 Å². The molecule has 0 saturated heterocycles. The summed E-state index contributed by atoms with van der Waals surface area (Å²) in [5.74, 6) is -0.0528. The third kappa shape index (κ3) is 5.38. The molecular weight excluding hydrogens is 244 g/mol. The molecular formula is C14H22N2O3. The van der Waals surface area contributed by atoms with Crippen molar-refractivity contribution in [2.45, 2.75) is 13.1 Å². The Balaban J connectivity index is 2.45. The van der Waals surface area contributed by atoms with E-state index in [9.17, 15) is 4.79 Å². The van der Waals surface area contributed by atoms with Gasteiger partial charge in [0, 0.05) is 27.2 Å². The van der Waals surface area contributed by atoms with Crippen LogP contribution in [0.25, 0.3) is 0 Å². The van der Waals surface area contributed by atoms with E-state index in [2.05, 4.69) is 0 Å². The highest BCUT2D eigenvalue weighted by molar-refractivity contribution is 5.77. The van der Waals surface area contributed by atoms with Crippen molar-refractivity contribution in [3.05, 3.63) is 35.4 Å². The topological polar surface area (TPSA) is 64.8 Å². The molecule has 0 atom stereocenters. The number of hydrogen-bond acceptors (Lipinski definition) is 4. The normalized spacial score (nSPS) is 10.5. The Morgan fingerprint density at radius 2 is 1.95 bits per heavy atom. The molecule has 0 aliphatic heterocycles. The lowest BCUT2D eigenvalue weighted by Gasteiger charge is -2.19. The van der Waals surface area contributed by atoms with E-state index in [1.807, 2.05) is 24.3 Å². The average molecular weight is 266 g/mol. The Morgan fingerprint density at radius 3 is 2.58 bits per heavy atom. The monoisotopic (exact) mass is 266 g/mol. The first-order chi connectivity index (χ1) is 9.19.